The maximum absolute atomic E-state index is 11.8. The van der Waals surface area contributed by atoms with Gasteiger partial charge in [-0.05, 0) is 18.6 Å². The second-order valence-electron chi connectivity index (χ2n) is 5.70. The Morgan fingerprint density at radius 3 is 2.68 bits per heavy atom. The van der Waals surface area contributed by atoms with Gasteiger partial charge in [0.25, 0.3) is 0 Å². The average Bonchev–Trinajstić information content (AvgIpc) is 2.39. The van der Waals surface area contributed by atoms with Gasteiger partial charge < -0.3 is 15.8 Å². The minimum Gasteiger partial charge on any atom is -0.493 e. The molecule has 4 heteroatoms. The van der Waals surface area contributed by atoms with Gasteiger partial charge in [0.1, 0.15) is 5.75 Å². The molecule has 2 unspecified atom stereocenters. The summed E-state index contributed by atoms with van der Waals surface area (Å²) in [5, 5.41) is 3.02. The first-order valence-corrected chi connectivity index (χ1v) is 6.73. The zero-order valence-corrected chi connectivity index (χ0v) is 11.6. The second kappa shape index (κ2) is 5.61. The summed E-state index contributed by atoms with van der Waals surface area (Å²) in [4.78, 5) is 11.8. The van der Waals surface area contributed by atoms with Crippen molar-refractivity contribution in [2.45, 2.75) is 38.8 Å². The SMILES string of the molecule is CC1(C)C(N)CC1NC(=O)CCOc1ccccc1. The van der Waals surface area contributed by atoms with Gasteiger partial charge in [-0.3, -0.25) is 4.79 Å². The molecular weight excluding hydrogens is 240 g/mol. The van der Waals surface area contributed by atoms with E-state index in [0.717, 1.165) is 12.2 Å². The lowest BCUT2D eigenvalue weighted by Crippen LogP contribution is -2.64. The third kappa shape index (κ3) is 3.26. The predicted octanol–water partition coefficient (Wildman–Crippen LogP) is 1.70. The smallest absolute Gasteiger partial charge is 0.223 e. The average molecular weight is 262 g/mol. The van der Waals surface area contributed by atoms with Crippen LogP contribution >= 0.6 is 0 Å². The standard InChI is InChI=1S/C15H22N2O2/c1-15(2)12(16)10-13(15)17-14(18)8-9-19-11-6-4-3-5-7-11/h3-7,12-13H,8-10,16H2,1-2H3,(H,17,18). The Kier molecular flexibility index (Phi) is 4.10. The van der Waals surface area contributed by atoms with E-state index in [9.17, 15) is 4.79 Å². The van der Waals surface area contributed by atoms with Gasteiger partial charge in [-0.25, -0.2) is 0 Å². The summed E-state index contributed by atoms with van der Waals surface area (Å²) >= 11 is 0. The van der Waals surface area contributed by atoms with Crippen LogP contribution in [-0.2, 0) is 4.79 Å². The van der Waals surface area contributed by atoms with Crippen LogP contribution in [0.2, 0.25) is 0 Å². The number of hydrogen-bond donors (Lipinski definition) is 2. The van der Waals surface area contributed by atoms with Crippen molar-refractivity contribution in [3.05, 3.63) is 30.3 Å². The molecule has 1 fully saturated rings. The van der Waals surface area contributed by atoms with E-state index in [-0.39, 0.29) is 23.4 Å². The van der Waals surface area contributed by atoms with Gasteiger partial charge >= 0.3 is 0 Å². The van der Waals surface area contributed by atoms with E-state index in [1.165, 1.54) is 0 Å². The molecule has 0 spiro atoms. The number of benzene rings is 1. The minimum absolute atomic E-state index is 0.00402. The first-order valence-electron chi connectivity index (χ1n) is 6.73. The highest BCUT2D eigenvalue weighted by molar-refractivity contribution is 5.76. The first-order chi connectivity index (χ1) is 9.00. The summed E-state index contributed by atoms with van der Waals surface area (Å²) in [5.41, 5.74) is 5.92. The van der Waals surface area contributed by atoms with Crippen molar-refractivity contribution >= 4 is 5.91 Å². The van der Waals surface area contributed by atoms with Crippen molar-refractivity contribution in [1.82, 2.24) is 5.32 Å². The Labute approximate surface area is 114 Å². The summed E-state index contributed by atoms with van der Waals surface area (Å²) in [5.74, 6) is 0.821. The van der Waals surface area contributed by atoms with Crippen LogP contribution in [-0.4, -0.2) is 24.6 Å². The van der Waals surface area contributed by atoms with Gasteiger partial charge in [-0.15, -0.1) is 0 Å². The van der Waals surface area contributed by atoms with E-state index in [0.29, 0.717) is 13.0 Å². The molecule has 1 aliphatic rings. The molecule has 1 aliphatic carbocycles. The van der Waals surface area contributed by atoms with Crippen molar-refractivity contribution in [2.24, 2.45) is 11.1 Å². The quantitative estimate of drug-likeness (QED) is 0.849. The maximum atomic E-state index is 11.8. The Balaban J connectivity index is 1.68. The summed E-state index contributed by atoms with van der Waals surface area (Å²) < 4.78 is 5.50. The number of ether oxygens (including phenoxy) is 1. The minimum atomic E-state index is -0.00402. The second-order valence-corrected chi connectivity index (χ2v) is 5.70. The molecular formula is C15H22N2O2. The van der Waals surface area contributed by atoms with E-state index in [2.05, 4.69) is 19.2 Å². The first kappa shape index (κ1) is 13.9. The monoisotopic (exact) mass is 262 g/mol. The number of rotatable bonds is 5. The summed E-state index contributed by atoms with van der Waals surface area (Å²) in [6.45, 7) is 4.58. The van der Waals surface area contributed by atoms with Crippen LogP contribution in [0.15, 0.2) is 30.3 Å². The van der Waals surface area contributed by atoms with Gasteiger partial charge in [0, 0.05) is 17.5 Å². The number of nitrogens with one attached hydrogen (secondary N) is 1. The van der Waals surface area contributed by atoms with Crippen LogP contribution in [0.25, 0.3) is 0 Å². The number of para-hydroxylation sites is 1. The zero-order valence-electron chi connectivity index (χ0n) is 11.6. The van der Waals surface area contributed by atoms with Gasteiger partial charge in [-0.1, -0.05) is 32.0 Å². The lowest BCUT2D eigenvalue weighted by molar-refractivity contribution is -0.124. The molecule has 4 nitrogen and oxygen atoms in total. The number of carbonyl (C=O) groups excluding carboxylic acids is 1. The molecule has 0 bridgehead atoms. The lowest BCUT2D eigenvalue weighted by atomic mass is 9.63. The zero-order chi connectivity index (χ0) is 13.9. The summed E-state index contributed by atoms with van der Waals surface area (Å²) in [6.07, 6.45) is 1.23. The molecule has 0 aliphatic heterocycles. The Morgan fingerprint density at radius 1 is 1.42 bits per heavy atom. The number of nitrogens with two attached hydrogens (primary N) is 1. The van der Waals surface area contributed by atoms with Crippen molar-refractivity contribution < 1.29 is 9.53 Å². The van der Waals surface area contributed by atoms with Crippen LogP contribution in [0.5, 0.6) is 5.75 Å². The normalized spacial score (nSPS) is 24.4. The number of amides is 1. The Morgan fingerprint density at radius 2 is 2.11 bits per heavy atom. The van der Waals surface area contributed by atoms with E-state index < -0.39 is 0 Å². The molecule has 0 saturated heterocycles. The van der Waals surface area contributed by atoms with Crippen molar-refractivity contribution in [2.75, 3.05) is 6.61 Å². The highest BCUT2D eigenvalue weighted by Crippen LogP contribution is 2.38. The molecule has 3 N–H and O–H groups in total. The predicted molar refractivity (Wildman–Crippen MR) is 74.9 cm³/mol. The molecule has 19 heavy (non-hydrogen) atoms. The van der Waals surface area contributed by atoms with E-state index >= 15 is 0 Å². The highest BCUT2D eigenvalue weighted by atomic mass is 16.5. The van der Waals surface area contributed by atoms with E-state index in [1.54, 1.807) is 0 Å². The van der Waals surface area contributed by atoms with Gasteiger partial charge in [0.05, 0.1) is 13.0 Å². The molecule has 0 aromatic heterocycles. The molecule has 1 amide bonds. The van der Waals surface area contributed by atoms with Gasteiger partial charge in [0.15, 0.2) is 0 Å². The van der Waals surface area contributed by atoms with Gasteiger partial charge in [0.2, 0.25) is 5.91 Å². The van der Waals surface area contributed by atoms with Crippen LogP contribution in [0.3, 0.4) is 0 Å². The van der Waals surface area contributed by atoms with Crippen molar-refractivity contribution in [3.63, 3.8) is 0 Å². The lowest BCUT2D eigenvalue weighted by Gasteiger charge is -2.50. The molecule has 1 aromatic rings. The van der Waals surface area contributed by atoms with Crippen molar-refractivity contribution in [3.8, 4) is 5.75 Å². The molecule has 104 valence electrons. The highest BCUT2D eigenvalue weighted by Gasteiger charge is 2.46. The fourth-order valence-electron chi connectivity index (χ4n) is 2.25. The Bertz CT molecular complexity index is 431. The van der Waals surface area contributed by atoms with Crippen molar-refractivity contribution in [1.29, 1.82) is 0 Å². The van der Waals surface area contributed by atoms with E-state index in [4.69, 9.17) is 10.5 Å². The topological polar surface area (TPSA) is 64.3 Å². The largest absolute Gasteiger partial charge is 0.493 e. The van der Waals surface area contributed by atoms with Crippen LogP contribution < -0.4 is 15.8 Å². The van der Waals surface area contributed by atoms with Crippen LogP contribution in [0, 0.1) is 5.41 Å². The molecule has 2 rings (SSSR count). The van der Waals surface area contributed by atoms with E-state index in [1.807, 2.05) is 30.3 Å². The Hall–Kier alpha value is -1.55. The fourth-order valence-corrected chi connectivity index (χ4v) is 2.25. The van der Waals surface area contributed by atoms with Gasteiger partial charge in [-0.2, -0.15) is 0 Å². The van der Waals surface area contributed by atoms with Crippen LogP contribution in [0.4, 0.5) is 0 Å². The van der Waals surface area contributed by atoms with Crippen LogP contribution in [0.1, 0.15) is 26.7 Å². The molecule has 1 saturated carbocycles. The summed E-state index contributed by atoms with van der Waals surface area (Å²) in [7, 11) is 0. The number of hydrogen-bond acceptors (Lipinski definition) is 3. The fraction of sp³-hybridized carbons (Fsp3) is 0.533. The molecule has 0 heterocycles. The maximum Gasteiger partial charge on any atom is 0.223 e. The molecule has 2 atom stereocenters. The molecule has 1 aromatic carbocycles. The number of carbonyl (C=O) groups is 1. The molecule has 0 radical (unpaired) electrons. The third-order valence-corrected chi connectivity index (χ3v) is 4.02. The third-order valence-electron chi connectivity index (χ3n) is 4.02. The summed E-state index contributed by atoms with van der Waals surface area (Å²) in [6, 6.07) is 9.88.